The first-order valence-corrected chi connectivity index (χ1v) is 13.2. The minimum Gasteiger partial charge on any atom is -0.464 e. The van der Waals surface area contributed by atoms with Gasteiger partial charge in [-0.2, -0.15) is 0 Å². The average Bonchev–Trinajstić information content (AvgIpc) is 3.46. The van der Waals surface area contributed by atoms with Gasteiger partial charge in [0.1, 0.15) is 12.6 Å². The van der Waals surface area contributed by atoms with Crippen LogP contribution in [0.3, 0.4) is 0 Å². The molecule has 2 saturated heterocycles. The molecular weight excluding hydrogens is 508 g/mol. The number of fused-ring (bicyclic) bond motifs is 1. The molecule has 2 fully saturated rings. The number of amides is 2. The largest absolute Gasteiger partial charge is 0.464 e. The van der Waals surface area contributed by atoms with Gasteiger partial charge < -0.3 is 14.4 Å². The molecule has 2 heterocycles. The summed E-state index contributed by atoms with van der Waals surface area (Å²) in [4.78, 5) is 57.1. The predicted molar refractivity (Wildman–Crippen MR) is 147 cm³/mol. The van der Waals surface area contributed by atoms with Crippen molar-refractivity contribution in [2.45, 2.75) is 32.5 Å². The molecule has 0 aliphatic carbocycles. The van der Waals surface area contributed by atoms with Crippen LogP contribution in [0.1, 0.15) is 31.0 Å². The van der Waals surface area contributed by atoms with Crippen LogP contribution in [0.4, 0.5) is 5.69 Å². The minimum atomic E-state index is -1.11. The van der Waals surface area contributed by atoms with E-state index in [1.54, 1.807) is 49.1 Å². The maximum Gasteiger partial charge on any atom is 0.332 e. The van der Waals surface area contributed by atoms with Crippen molar-refractivity contribution >= 4 is 29.4 Å². The Balaban J connectivity index is 1.55. The highest BCUT2D eigenvalue weighted by Gasteiger charge is 2.65. The van der Waals surface area contributed by atoms with Crippen LogP contribution in [0.5, 0.6) is 0 Å². The van der Waals surface area contributed by atoms with Crippen molar-refractivity contribution in [3.05, 3.63) is 114 Å². The van der Waals surface area contributed by atoms with Gasteiger partial charge >= 0.3 is 11.9 Å². The summed E-state index contributed by atoms with van der Waals surface area (Å²) >= 11 is 0. The smallest absolute Gasteiger partial charge is 0.332 e. The van der Waals surface area contributed by atoms with Crippen molar-refractivity contribution in [1.82, 2.24) is 4.90 Å². The second-order valence-electron chi connectivity index (χ2n) is 9.74. The lowest BCUT2D eigenvalue weighted by molar-refractivity contribution is -0.151. The quantitative estimate of drug-likeness (QED) is 0.238. The zero-order valence-electron chi connectivity index (χ0n) is 22.3. The van der Waals surface area contributed by atoms with E-state index < -0.39 is 47.7 Å². The number of anilines is 1. The number of rotatable bonds is 8. The Morgan fingerprint density at radius 3 is 2.00 bits per heavy atom. The standard InChI is InChI=1S/C32H30N2O6/c1-3-39-32(38)29-27-26(30(36)34(31(27)37)24-17-11-6-12-18-24)28(23-15-9-5-10-16-23)33(29)21(2)19-25(35)40-20-22-13-7-4-8-14-22/h4-19,26-29H,3,20H2,1-2H3/b21-19+/t26-,27+,28+,29-/m1/s1. The molecule has 40 heavy (non-hydrogen) atoms. The highest BCUT2D eigenvalue weighted by Crippen LogP contribution is 2.52. The van der Waals surface area contributed by atoms with Crippen LogP contribution >= 0.6 is 0 Å². The molecule has 204 valence electrons. The van der Waals surface area contributed by atoms with Gasteiger partial charge in [-0.15, -0.1) is 0 Å². The first-order valence-electron chi connectivity index (χ1n) is 13.2. The zero-order valence-corrected chi connectivity index (χ0v) is 22.3. The van der Waals surface area contributed by atoms with Crippen LogP contribution in [-0.4, -0.2) is 41.3 Å². The van der Waals surface area contributed by atoms with Gasteiger partial charge in [0.2, 0.25) is 11.8 Å². The SMILES string of the molecule is CCOC(=O)[C@H]1[C@H]2C(=O)N(c3ccccc3)C(=O)[C@H]2[C@H](c2ccccc2)N1/C(C)=C/C(=O)OCc1ccccc1. The average molecular weight is 539 g/mol. The lowest BCUT2D eigenvalue weighted by Crippen LogP contribution is -2.46. The molecule has 0 unspecified atom stereocenters. The van der Waals surface area contributed by atoms with Crippen molar-refractivity contribution in [3.63, 3.8) is 0 Å². The highest BCUT2D eigenvalue weighted by atomic mass is 16.5. The summed E-state index contributed by atoms with van der Waals surface area (Å²) in [6.45, 7) is 3.55. The molecule has 8 heteroatoms. The third kappa shape index (κ3) is 5.00. The van der Waals surface area contributed by atoms with E-state index in [0.29, 0.717) is 11.4 Å². The van der Waals surface area contributed by atoms with Gasteiger partial charge in [-0.05, 0) is 37.1 Å². The number of ether oxygens (including phenoxy) is 2. The Bertz CT molecular complexity index is 1420. The first kappa shape index (κ1) is 26.9. The third-order valence-electron chi connectivity index (χ3n) is 7.32. The first-order chi connectivity index (χ1) is 19.4. The minimum absolute atomic E-state index is 0.0845. The Hall–Kier alpha value is -4.72. The number of benzene rings is 3. The molecule has 0 radical (unpaired) electrons. The van der Waals surface area contributed by atoms with Gasteiger partial charge in [-0.25, -0.2) is 14.5 Å². The molecule has 4 atom stereocenters. The zero-order chi connectivity index (χ0) is 28.2. The van der Waals surface area contributed by atoms with Crippen LogP contribution < -0.4 is 4.90 Å². The number of esters is 2. The van der Waals surface area contributed by atoms with E-state index in [1.807, 2.05) is 60.7 Å². The van der Waals surface area contributed by atoms with E-state index >= 15 is 0 Å². The van der Waals surface area contributed by atoms with Gasteiger partial charge in [0.15, 0.2) is 0 Å². The molecule has 8 nitrogen and oxygen atoms in total. The second-order valence-corrected chi connectivity index (χ2v) is 9.74. The summed E-state index contributed by atoms with van der Waals surface area (Å²) in [5, 5.41) is 0. The Morgan fingerprint density at radius 2 is 1.38 bits per heavy atom. The van der Waals surface area contributed by atoms with E-state index in [2.05, 4.69) is 0 Å². The van der Waals surface area contributed by atoms with E-state index in [4.69, 9.17) is 9.47 Å². The van der Waals surface area contributed by atoms with Crippen LogP contribution in [0, 0.1) is 11.8 Å². The van der Waals surface area contributed by atoms with Gasteiger partial charge in [-0.3, -0.25) is 9.59 Å². The summed E-state index contributed by atoms with van der Waals surface area (Å²) in [6.07, 6.45) is 1.30. The number of imide groups is 1. The van der Waals surface area contributed by atoms with Crippen LogP contribution in [0.15, 0.2) is 103 Å². The molecule has 2 aliphatic rings. The molecule has 0 spiro atoms. The highest BCUT2D eigenvalue weighted by molar-refractivity contribution is 6.23. The molecule has 3 aromatic rings. The third-order valence-corrected chi connectivity index (χ3v) is 7.32. The van der Waals surface area contributed by atoms with Crippen LogP contribution in [-0.2, 0) is 35.3 Å². The van der Waals surface area contributed by atoms with Gasteiger partial charge in [0.05, 0.1) is 30.2 Å². The lowest BCUT2D eigenvalue weighted by atomic mass is 9.86. The van der Waals surface area contributed by atoms with E-state index in [9.17, 15) is 19.2 Å². The number of carbonyl (C=O) groups excluding carboxylic acids is 4. The normalized spacial score (nSPS) is 22.3. The Labute approximate surface area is 232 Å². The fourth-order valence-corrected chi connectivity index (χ4v) is 5.69. The molecular formula is C32H30N2O6. The molecule has 2 aliphatic heterocycles. The number of likely N-dealkylation sites (tertiary alicyclic amines) is 1. The number of hydrogen-bond donors (Lipinski definition) is 0. The van der Waals surface area contributed by atoms with Crippen molar-refractivity contribution in [3.8, 4) is 0 Å². The fraction of sp³-hybridized carbons (Fsp3) is 0.250. The van der Waals surface area contributed by atoms with Crippen LogP contribution in [0.2, 0.25) is 0 Å². The fourth-order valence-electron chi connectivity index (χ4n) is 5.69. The van der Waals surface area contributed by atoms with Gasteiger partial charge in [0, 0.05) is 11.8 Å². The van der Waals surface area contributed by atoms with Crippen molar-refractivity contribution < 1.29 is 28.7 Å². The summed E-state index contributed by atoms with van der Waals surface area (Å²) < 4.78 is 10.9. The Morgan fingerprint density at radius 1 is 0.800 bits per heavy atom. The van der Waals surface area contributed by atoms with E-state index in [-0.39, 0.29) is 13.2 Å². The molecule has 0 saturated carbocycles. The lowest BCUT2D eigenvalue weighted by Gasteiger charge is -2.35. The maximum atomic E-state index is 14.0. The molecule has 3 aromatic carbocycles. The van der Waals surface area contributed by atoms with E-state index in [1.165, 1.54) is 11.0 Å². The number of nitrogens with zero attached hydrogens (tertiary/aromatic N) is 2. The van der Waals surface area contributed by atoms with Gasteiger partial charge in [-0.1, -0.05) is 78.9 Å². The Kier molecular flexibility index (Phi) is 7.77. The van der Waals surface area contributed by atoms with Crippen molar-refractivity contribution in [2.24, 2.45) is 11.8 Å². The molecule has 5 rings (SSSR count). The summed E-state index contributed by atoms with van der Waals surface area (Å²) in [6, 6.07) is 25.4. The second kappa shape index (κ2) is 11.6. The topological polar surface area (TPSA) is 93.2 Å². The van der Waals surface area contributed by atoms with E-state index in [0.717, 1.165) is 11.1 Å². The summed E-state index contributed by atoms with van der Waals surface area (Å²) in [7, 11) is 0. The van der Waals surface area contributed by atoms with Crippen molar-refractivity contribution in [1.29, 1.82) is 0 Å². The number of hydrogen-bond acceptors (Lipinski definition) is 7. The predicted octanol–water partition coefficient (Wildman–Crippen LogP) is 4.43. The molecule has 0 aromatic heterocycles. The number of carbonyl (C=O) groups is 4. The molecule has 0 bridgehead atoms. The van der Waals surface area contributed by atoms with Crippen molar-refractivity contribution in [2.75, 3.05) is 11.5 Å². The monoisotopic (exact) mass is 538 g/mol. The number of para-hydroxylation sites is 1. The summed E-state index contributed by atoms with van der Waals surface area (Å²) in [5.74, 6) is -3.96. The molecule has 2 amide bonds. The van der Waals surface area contributed by atoms with Gasteiger partial charge in [0.25, 0.3) is 0 Å². The molecule has 0 N–H and O–H groups in total. The maximum absolute atomic E-state index is 14.0. The van der Waals surface area contributed by atoms with Crippen LogP contribution in [0.25, 0.3) is 0 Å². The number of allylic oxidation sites excluding steroid dienone is 1. The summed E-state index contributed by atoms with van der Waals surface area (Å²) in [5.41, 5.74) is 2.42.